The van der Waals surface area contributed by atoms with Crippen molar-refractivity contribution in [2.24, 2.45) is 0 Å². The molecule has 20 heavy (non-hydrogen) atoms. The fourth-order valence-electron chi connectivity index (χ4n) is 1.22. The van der Waals surface area contributed by atoms with Gasteiger partial charge in [-0.25, -0.2) is 0 Å². The van der Waals surface area contributed by atoms with E-state index in [1.165, 1.54) is 0 Å². The predicted octanol–water partition coefficient (Wildman–Crippen LogP) is 0.399. The maximum Gasteiger partial charge on any atom is 0.146 e. The van der Waals surface area contributed by atoms with Crippen LogP contribution in [-0.2, 0) is 28.4 Å². The molecule has 2 unspecified atom stereocenters. The zero-order valence-electron chi connectivity index (χ0n) is 10.3. The molecule has 0 saturated carbocycles. The average molecular weight is 296 g/mol. The van der Waals surface area contributed by atoms with Gasteiger partial charge in [-0.2, -0.15) is 0 Å². The lowest BCUT2D eigenvalue weighted by atomic mass is 10.4. The van der Waals surface area contributed by atoms with Crippen LogP contribution in [0.5, 0.6) is 0 Å². The lowest BCUT2D eigenvalue weighted by Gasteiger charge is -2.11. The Bertz CT molecular complexity index is 197. The first-order valence-corrected chi connectivity index (χ1v) is 6.07. The molecule has 1 N–H and O–H groups in total. The number of aliphatic hydroxyl groups excluding tert-OH is 1. The van der Waals surface area contributed by atoms with Crippen molar-refractivity contribution < 1.29 is 33.5 Å². The highest BCUT2D eigenvalue weighted by molar-refractivity contribution is 4.67. The fraction of sp³-hybridized carbons (Fsp3) is 1.00. The van der Waals surface area contributed by atoms with Gasteiger partial charge < -0.3 is 33.5 Å². The third-order valence-corrected chi connectivity index (χ3v) is 2.37. The number of aliphatic hydroxyl groups is 1. The molecule has 2 aliphatic heterocycles. The smallest absolute Gasteiger partial charge is 0.146 e. The van der Waals surface area contributed by atoms with Crippen LogP contribution in [0, 0.1) is 0 Å². The first-order chi connectivity index (χ1) is 8.84. The second-order valence-electron chi connectivity index (χ2n) is 4.28. The van der Waals surface area contributed by atoms with Crippen LogP contribution >= 0.6 is 0 Å². The summed E-state index contributed by atoms with van der Waals surface area (Å²) >= 11 is 0. The third kappa shape index (κ3) is 10.5. The molecule has 0 aromatic carbocycles. The Kier molecular flexibility index (Phi) is 11.2. The number of hydrogen-bond acceptors (Lipinski definition) is 7. The number of ether oxygens (including phenoxy) is 6. The Hall–Kier alpha value is -0.280. The van der Waals surface area contributed by atoms with Gasteiger partial charge in [0.25, 0.3) is 0 Å². The van der Waals surface area contributed by atoms with Crippen molar-refractivity contribution in [2.45, 2.75) is 33.2 Å². The van der Waals surface area contributed by atoms with Gasteiger partial charge >= 0.3 is 0 Å². The first-order valence-electron chi connectivity index (χ1n) is 6.07. The Balaban J connectivity index is 0.00000180. The quantitative estimate of drug-likeness (QED) is 0.317. The van der Waals surface area contributed by atoms with Crippen LogP contribution in [-0.4, -0.2) is 76.6 Å². The summed E-state index contributed by atoms with van der Waals surface area (Å²) in [5.41, 5.74) is 0. The molecule has 7 nitrogen and oxygen atoms in total. The van der Waals surface area contributed by atoms with Crippen molar-refractivity contribution >= 4 is 0 Å². The molecule has 0 aromatic rings. The Labute approximate surface area is 121 Å². The molecule has 0 bridgehead atoms. The van der Waals surface area contributed by atoms with Gasteiger partial charge in [-0.3, -0.25) is 0 Å². The minimum absolute atomic E-state index is 0. The van der Waals surface area contributed by atoms with E-state index >= 15 is 0 Å². The SMILES string of the molecule is C.C.OC(COCOCC1CO1)COCOCC1CO1. The molecule has 122 valence electrons. The van der Waals surface area contributed by atoms with Crippen molar-refractivity contribution in [2.75, 3.05) is 53.2 Å². The van der Waals surface area contributed by atoms with Crippen LogP contribution in [0.2, 0.25) is 0 Å². The van der Waals surface area contributed by atoms with E-state index < -0.39 is 6.10 Å². The molecule has 0 aliphatic carbocycles. The molecule has 7 heteroatoms. The summed E-state index contributed by atoms with van der Waals surface area (Å²) in [5, 5.41) is 9.48. The van der Waals surface area contributed by atoms with E-state index in [1.807, 2.05) is 0 Å². The number of rotatable bonds is 12. The van der Waals surface area contributed by atoms with Crippen molar-refractivity contribution in [1.82, 2.24) is 0 Å². The summed E-state index contributed by atoms with van der Waals surface area (Å²) in [4.78, 5) is 0. The summed E-state index contributed by atoms with van der Waals surface area (Å²) in [5.74, 6) is 0. The lowest BCUT2D eigenvalue weighted by Crippen LogP contribution is -2.23. The Morgan fingerprint density at radius 1 is 0.850 bits per heavy atom. The Morgan fingerprint density at radius 2 is 1.25 bits per heavy atom. The summed E-state index contributed by atoms with van der Waals surface area (Å²) in [7, 11) is 0. The van der Waals surface area contributed by atoms with Gasteiger partial charge in [0, 0.05) is 0 Å². The highest BCUT2D eigenvalue weighted by atomic mass is 16.7. The molecular weight excluding hydrogens is 268 g/mol. The number of epoxide rings is 2. The second-order valence-corrected chi connectivity index (χ2v) is 4.28. The Morgan fingerprint density at radius 3 is 1.60 bits per heavy atom. The zero-order valence-corrected chi connectivity index (χ0v) is 10.3. The van der Waals surface area contributed by atoms with Crippen molar-refractivity contribution in [1.29, 1.82) is 0 Å². The van der Waals surface area contributed by atoms with Crippen molar-refractivity contribution in [3.63, 3.8) is 0 Å². The molecule has 2 fully saturated rings. The first kappa shape index (κ1) is 19.7. The maximum atomic E-state index is 9.48. The van der Waals surface area contributed by atoms with E-state index in [0.29, 0.717) is 13.2 Å². The van der Waals surface area contributed by atoms with Gasteiger partial charge in [-0.1, -0.05) is 14.9 Å². The van der Waals surface area contributed by atoms with E-state index in [9.17, 15) is 5.11 Å². The maximum absolute atomic E-state index is 9.48. The summed E-state index contributed by atoms with van der Waals surface area (Å²) in [6.07, 6.45) is -0.213. The molecule has 0 aromatic heterocycles. The molecule has 2 saturated heterocycles. The topological polar surface area (TPSA) is 82.2 Å². The van der Waals surface area contributed by atoms with Gasteiger partial charge in [0.1, 0.15) is 31.9 Å². The van der Waals surface area contributed by atoms with E-state index in [2.05, 4.69) is 0 Å². The molecule has 0 spiro atoms. The fourth-order valence-corrected chi connectivity index (χ4v) is 1.22. The summed E-state index contributed by atoms with van der Waals surface area (Å²) in [6, 6.07) is 0. The lowest BCUT2D eigenvalue weighted by molar-refractivity contribution is -0.116. The largest absolute Gasteiger partial charge is 0.388 e. The molecule has 2 heterocycles. The van der Waals surface area contributed by atoms with E-state index in [-0.39, 0.29) is 53.9 Å². The highest BCUT2D eigenvalue weighted by Crippen LogP contribution is 2.08. The van der Waals surface area contributed by atoms with Gasteiger partial charge in [-0.05, 0) is 0 Å². The van der Waals surface area contributed by atoms with Gasteiger partial charge in [0.2, 0.25) is 0 Å². The van der Waals surface area contributed by atoms with Crippen LogP contribution in [0.3, 0.4) is 0 Å². The molecular formula is C13H28O7. The minimum Gasteiger partial charge on any atom is -0.388 e. The van der Waals surface area contributed by atoms with Crippen LogP contribution in [0.4, 0.5) is 0 Å². The summed E-state index contributed by atoms with van der Waals surface area (Å²) in [6.45, 7) is 3.30. The van der Waals surface area contributed by atoms with Crippen LogP contribution in [0.25, 0.3) is 0 Å². The second kappa shape index (κ2) is 11.4. The molecule has 0 amide bonds. The molecule has 2 rings (SSSR count). The van der Waals surface area contributed by atoms with E-state index in [0.717, 1.165) is 13.2 Å². The van der Waals surface area contributed by atoms with Crippen LogP contribution < -0.4 is 0 Å². The van der Waals surface area contributed by atoms with E-state index in [1.54, 1.807) is 0 Å². The van der Waals surface area contributed by atoms with Crippen molar-refractivity contribution in [3.05, 3.63) is 0 Å². The zero-order chi connectivity index (χ0) is 12.6. The van der Waals surface area contributed by atoms with Gasteiger partial charge in [0.05, 0.1) is 39.6 Å². The predicted molar refractivity (Wildman–Crippen MR) is 72.5 cm³/mol. The van der Waals surface area contributed by atoms with E-state index in [4.69, 9.17) is 28.4 Å². The normalized spacial score (nSPS) is 24.4. The molecule has 2 aliphatic rings. The van der Waals surface area contributed by atoms with Crippen molar-refractivity contribution in [3.8, 4) is 0 Å². The standard InChI is InChI=1S/C11H20O7.2CH4/c12-9(1-13-7-15-3-10-5-17-10)2-14-8-16-4-11-6-18-11;;/h9-12H,1-8H2;2*1H4. The van der Waals surface area contributed by atoms with Gasteiger partial charge in [0.15, 0.2) is 0 Å². The monoisotopic (exact) mass is 296 g/mol. The molecule has 0 radical (unpaired) electrons. The highest BCUT2D eigenvalue weighted by Gasteiger charge is 2.22. The third-order valence-electron chi connectivity index (χ3n) is 2.37. The average Bonchev–Trinajstić information content (AvgIpc) is 3.23. The van der Waals surface area contributed by atoms with Gasteiger partial charge in [-0.15, -0.1) is 0 Å². The van der Waals surface area contributed by atoms with Crippen LogP contribution in [0.1, 0.15) is 14.9 Å². The number of hydrogen-bond donors (Lipinski definition) is 1. The minimum atomic E-state index is -0.674. The molecule has 2 atom stereocenters. The van der Waals surface area contributed by atoms with Crippen LogP contribution in [0.15, 0.2) is 0 Å². The summed E-state index contributed by atoms with van der Waals surface area (Å²) < 4.78 is 30.4.